The molecule has 154 valence electrons. The maximum absolute atomic E-state index is 11.3. The molecule has 1 rings (SSSR count). The summed E-state index contributed by atoms with van der Waals surface area (Å²) in [6.45, 7) is 10.3. The van der Waals surface area contributed by atoms with Crippen molar-refractivity contribution in [3.8, 4) is 5.75 Å². The van der Waals surface area contributed by atoms with Crippen LogP contribution in [0.3, 0.4) is 0 Å². The van der Waals surface area contributed by atoms with E-state index in [1.807, 2.05) is 38.1 Å². The topological polar surface area (TPSA) is 66.0 Å². The highest BCUT2D eigenvalue weighted by atomic mass is 16.5. The fourth-order valence-corrected chi connectivity index (χ4v) is 2.15. The number of rotatable bonds is 17. The minimum Gasteiger partial charge on any atom is -0.494 e. The first-order valence-corrected chi connectivity index (χ1v) is 9.86. The van der Waals surface area contributed by atoms with Gasteiger partial charge < -0.3 is 24.3 Å². The summed E-state index contributed by atoms with van der Waals surface area (Å²) in [7, 11) is 0. The average molecular weight is 382 g/mol. The van der Waals surface area contributed by atoms with Crippen LogP contribution in [-0.2, 0) is 19.0 Å². The van der Waals surface area contributed by atoms with E-state index in [1.54, 1.807) is 0 Å². The summed E-state index contributed by atoms with van der Waals surface area (Å²) in [4.78, 5) is 11.3. The molecule has 6 heteroatoms. The van der Waals surface area contributed by atoms with Crippen molar-refractivity contribution in [1.82, 2.24) is 0 Å². The summed E-state index contributed by atoms with van der Waals surface area (Å²) in [6, 6.07) is 8.01. The first kappa shape index (κ1) is 23.4. The van der Waals surface area contributed by atoms with Crippen LogP contribution in [0.4, 0.5) is 5.69 Å². The third kappa shape index (κ3) is 12.4. The molecule has 0 amide bonds. The molecule has 0 aliphatic carbocycles. The third-order valence-corrected chi connectivity index (χ3v) is 3.82. The number of ketones is 1. The van der Waals surface area contributed by atoms with E-state index in [1.165, 1.54) is 0 Å². The fourth-order valence-electron chi connectivity index (χ4n) is 2.15. The number of nitrogens with one attached hydrogen (secondary N) is 1. The van der Waals surface area contributed by atoms with Gasteiger partial charge in [0.25, 0.3) is 0 Å². The molecule has 6 nitrogen and oxygen atoms in total. The molecule has 0 atom stereocenters. The standard InChI is InChI=1S/C21H35NO5/c1-4-22-19-7-9-20(10-8-19)27-12-6-5-11-24-13-14-25-15-16-26-17-21(23)18(2)3/h7-10,18,22H,4-6,11-17H2,1-3H3. The Labute approximate surface area is 163 Å². The van der Waals surface area contributed by atoms with Crippen LogP contribution in [-0.4, -0.2) is 58.6 Å². The molecule has 0 radical (unpaired) electrons. The van der Waals surface area contributed by atoms with Crippen LogP contribution < -0.4 is 10.1 Å². The van der Waals surface area contributed by atoms with Crippen molar-refractivity contribution in [2.24, 2.45) is 5.92 Å². The minimum atomic E-state index is 0.0216. The second kappa shape index (κ2) is 15.4. The summed E-state index contributed by atoms with van der Waals surface area (Å²) in [5.41, 5.74) is 1.11. The zero-order chi connectivity index (χ0) is 19.7. The first-order chi connectivity index (χ1) is 13.1. The monoisotopic (exact) mass is 381 g/mol. The second-order valence-corrected chi connectivity index (χ2v) is 6.51. The van der Waals surface area contributed by atoms with Crippen LogP contribution in [0, 0.1) is 5.92 Å². The maximum atomic E-state index is 11.3. The predicted molar refractivity (Wildman–Crippen MR) is 108 cm³/mol. The Balaban J connectivity index is 1.84. The van der Waals surface area contributed by atoms with Crippen LogP contribution in [0.2, 0.25) is 0 Å². The molecule has 0 spiro atoms. The first-order valence-electron chi connectivity index (χ1n) is 9.86. The van der Waals surface area contributed by atoms with Gasteiger partial charge >= 0.3 is 0 Å². The molecular weight excluding hydrogens is 346 g/mol. The molecule has 0 bridgehead atoms. The summed E-state index contributed by atoms with van der Waals surface area (Å²) in [5.74, 6) is 1.03. The van der Waals surface area contributed by atoms with Gasteiger partial charge in [0.05, 0.1) is 33.0 Å². The molecule has 0 heterocycles. The van der Waals surface area contributed by atoms with E-state index < -0.39 is 0 Å². The van der Waals surface area contributed by atoms with Gasteiger partial charge in [-0.25, -0.2) is 0 Å². The number of hydrogen-bond donors (Lipinski definition) is 1. The van der Waals surface area contributed by atoms with Gasteiger partial charge in [0.15, 0.2) is 5.78 Å². The highest BCUT2D eigenvalue weighted by Crippen LogP contribution is 2.15. The molecule has 0 aliphatic rings. The van der Waals surface area contributed by atoms with E-state index in [4.69, 9.17) is 18.9 Å². The quantitative estimate of drug-likeness (QED) is 0.416. The van der Waals surface area contributed by atoms with Crippen LogP contribution in [0.1, 0.15) is 33.6 Å². The predicted octanol–water partition coefficient (Wildman–Crippen LogP) is 3.55. The zero-order valence-electron chi connectivity index (χ0n) is 17.0. The number of unbranched alkanes of at least 4 members (excludes halogenated alkanes) is 1. The van der Waals surface area contributed by atoms with E-state index in [0.717, 1.165) is 30.8 Å². The number of ether oxygens (including phenoxy) is 4. The molecule has 1 aromatic carbocycles. The van der Waals surface area contributed by atoms with Gasteiger partial charge in [-0.15, -0.1) is 0 Å². The lowest BCUT2D eigenvalue weighted by atomic mass is 10.1. The summed E-state index contributed by atoms with van der Waals surface area (Å²) in [5, 5.41) is 3.26. The number of benzene rings is 1. The van der Waals surface area contributed by atoms with Gasteiger partial charge in [-0.2, -0.15) is 0 Å². The van der Waals surface area contributed by atoms with Gasteiger partial charge in [0, 0.05) is 24.8 Å². The Kier molecular flexibility index (Phi) is 13.4. The van der Waals surface area contributed by atoms with Crippen LogP contribution >= 0.6 is 0 Å². The third-order valence-electron chi connectivity index (χ3n) is 3.82. The minimum absolute atomic E-state index is 0.0216. The Morgan fingerprint density at radius 3 is 2.11 bits per heavy atom. The van der Waals surface area contributed by atoms with Crippen LogP contribution in [0.5, 0.6) is 5.75 Å². The molecule has 1 N–H and O–H groups in total. The van der Waals surface area contributed by atoms with Crippen molar-refractivity contribution in [1.29, 1.82) is 0 Å². The number of anilines is 1. The van der Waals surface area contributed by atoms with Gasteiger partial charge in [0.2, 0.25) is 0 Å². The molecule has 0 aliphatic heterocycles. The number of hydrogen-bond acceptors (Lipinski definition) is 6. The summed E-state index contributed by atoms with van der Waals surface area (Å²) < 4.78 is 21.9. The highest BCUT2D eigenvalue weighted by Gasteiger charge is 2.06. The molecule has 0 unspecified atom stereocenters. The molecular formula is C21H35NO5. The molecule has 0 saturated heterocycles. The van der Waals surface area contributed by atoms with Crippen molar-refractivity contribution in [2.75, 3.05) is 58.1 Å². The van der Waals surface area contributed by atoms with E-state index in [9.17, 15) is 4.79 Å². The second-order valence-electron chi connectivity index (χ2n) is 6.51. The van der Waals surface area contributed by atoms with Gasteiger partial charge in [-0.05, 0) is 44.0 Å². The number of Topliss-reactive ketones (excluding diaryl/α,β-unsaturated/α-hetero) is 1. The van der Waals surface area contributed by atoms with E-state index in [0.29, 0.717) is 39.6 Å². The molecule has 27 heavy (non-hydrogen) atoms. The van der Waals surface area contributed by atoms with Crippen molar-refractivity contribution < 1.29 is 23.7 Å². The summed E-state index contributed by atoms with van der Waals surface area (Å²) >= 11 is 0. The van der Waals surface area contributed by atoms with Crippen LogP contribution in [0.15, 0.2) is 24.3 Å². The Bertz CT molecular complexity index is 490. The van der Waals surface area contributed by atoms with Crippen LogP contribution in [0.25, 0.3) is 0 Å². The Morgan fingerprint density at radius 2 is 1.48 bits per heavy atom. The fraction of sp³-hybridized carbons (Fsp3) is 0.667. The SMILES string of the molecule is CCNc1ccc(OCCCCOCCOCCOCC(=O)C(C)C)cc1. The van der Waals surface area contributed by atoms with Gasteiger partial charge in [0.1, 0.15) is 12.4 Å². The van der Waals surface area contributed by atoms with Crippen molar-refractivity contribution in [3.63, 3.8) is 0 Å². The lowest BCUT2D eigenvalue weighted by Gasteiger charge is -2.09. The maximum Gasteiger partial charge on any atom is 0.160 e. The van der Waals surface area contributed by atoms with E-state index in [2.05, 4.69) is 12.2 Å². The largest absolute Gasteiger partial charge is 0.494 e. The van der Waals surface area contributed by atoms with Gasteiger partial charge in [-0.1, -0.05) is 13.8 Å². The lowest BCUT2D eigenvalue weighted by Crippen LogP contribution is -2.17. The number of carbonyl (C=O) groups is 1. The van der Waals surface area contributed by atoms with Gasteiger partial charge in [-0.3, -0.25) is 4.79 Å². The molecule has 0 fully saturated rings. The number of carbonyl (C=O) groups excluding carboxylic acids is 1. The summed E-state index contributed by atoms with van der Waals surface area (Å²) in [6.07, 6.45) is 1.91. The van der Waals surface area contributed by atoms with Crippen molar-refractivity contribution in [3.05, 3.63) is 24.3 Å². The average Bonchev–Trinajstić information content (AvgIpc) is 2.66. The van der Waals surface area contributed by atoms with Crippen molar-refractivity contribution in [2.45, 2.75) is 33.6 Å². The zero-order valence-corrected chi connectivity index (χ0v) is 17.0. The lowest BCUT2D eigenvalue weighted by molar-refractivity contribution is -0.127. The van der Waals surface area contributed by atoms with E-state index >= 15 is 0 Å². The van der Waals surface area contributed by atoms with Crippen molar-refractivity contribution >= 4 is 11.5 Å². The Morgan fingerprint density at radius 1 is 0.889 bits per heavy atom. The van der Waals surface area contributed by atoms with E-state index in [-0.39, 0.29) is 18.3 Å². The molecule has 0 aromatic heterocycles. The molecule has 0 saturated carbocycles. The molecule has 1 aromatic rings. The highest BCUT2D eigenvalue weighted by molar-refractivity contribution is 5.81. The smallest absolute Gasteiger partial charge is 0.160 e. The normalized spacial score (nSPS) is 11.0. The Hall–Kier alpha value is -1.63.